The molecule has 0 saturated heterocycles. The van der Waals surface area contributed by atoms with Crippen molar-refractivity contribution in [2.24, 2.45) is 0 Å². The van der Waals surface area contributed by atoms with Gasteiger partial charge >= 0.3 is 0 Å². The van der Waals surface area contributed by atoms with E-state index in [1.54, 1.807) is 0 Å². The molecule has 0 unspecified atom stereocenters. The Morgan fingerprint density at radius 3 is 1.71 bits per heavy atom. The van der Waals surface area contributed by atoms with Crippen LogP contribution in [0.25, 0.3) is 105 Å². The predicted octanol–water partition coefficient (Wildman–Crippen LogP) is 13.7. The average Bonchev–Trinajstić information content (AvgIpc) is 3.59. The van der Waals surface area contributed by atoms with Crippen LogP contribution < -0.4 is 0 Å². The fourth-order valence-electron chi connectivity index (χ4n) is 8.38. The van der Waals surface area contributed by atoms with Crippen LogP contribution in [0.3, 0.4) is 0 Å². The molecule has 0 fully saturated rings. The van der Waals surface area contributed by atoms with Crippen molar-refractivity contribution in [1.29, 1.82) is 0 Å². The van der Waals surface area contributed by atoms with Crippen LogP contribution in [-0.4, -0.2) is 14.5 Å². The molecule has 11 aromatic rings. The Labute approximate surface area is 318 Å². The number of nitrogens with zero attached hydrogens (tertiary/aromatic N) is 3. The van der Waals surface area contributed by atoms with E-state index in [0.717, 1.165) is 44.8 Å². The fourth-order valence-corrected chi connectivity index (χ4v) is 8.38. The highest BCUT2D eigenvalue weighted by molar-refractivity contribution is 6.20. The Balaban J connectivity index is 1.19. The number of aromatic nitrogens is 3. The summed E-state index contributed by atoms with van der Waals surface area (Å²) in [6.07, 6.45) is 0. The topological polar surface area (TPSA) is 30.7 Å². The van der Waals surface area contributed by atoms with E-state index < -0.39 is 0 Å². The van der Waals surface area contributed by atoms with Gasteiger partial charge in [-0.25, -0.2) is 9.97 Å². The number of benzene rings is 9. The lowest BCUT2D eigenvalue weighted by Gasteiger charge is -2.16. The molecule has 0 spiro atoms. The van der Waals surface area contributed by atoms with Gasteiger partial charge in [-0.3, -0.25) is 0 Å². The largest absolute Gasteiger partial charge is 0.309 e. The first-order valence-electron chi connectivity index (χ1n) is 18.7. The van der Waals surface area contributed by atoms with Crippen LogP contribution in [0.2, 0.25) is 0 Å². The summed E-state index contributed by atoms with van der Waals surface area (Å²) in [5.41, 5.74) is 10.7. The minimum Gasteiger partial charge on any atom is -0.309 e. The Morgan fingerprint density at radius 1 is 0.309 bits per heavy atom. The van der Waals surface area contributed by atoms with Crippen molar-refractivity contribution >= 4 is 54.1 Å². The van der Waals surface area contributed by atoms with Gasteiger partial charge in [0, 0.05) is 33.2 Å². The minimum atomic E-state index is 0.692. The van der Waals surface area contributed by atoms with E-state index in [0.29, 0.717) is 5.82 Å². The van der Waals surface area contributed by atoms with E-state index in [-0.39, 0.29) is 0 Å². The molecule has 3 nitrogen and oxygen atoms in total. The van der Waals surface area contributed by atoms with Gasteiger partial charge in [0.1, 0.15) is 0 Å². The first-order chi connectivity index (χ1) is 27.3. The van der Waals surface area contributed by atoms with Crippen LogP contribution >= 0.6 is 0 Å². The average molecular weight is 700 g/mol. The Hall–Kier alpha value is -7.36. The van der Waals surface area contributed by atoms with Crippen LogP contribution in [0.5, 0.6) is 0 Å². The molecule has 256 valence electrons. The van der Waals surface area contributed by atoms with Gasteiger partial charge in [0.15, 0.2) is 5.82 Å². The summed E-state index contributed by atoms with van der Waals surface area (Å²) in [6, 6.07) is 71.5. The van der Waals surface area contributed by atoms with Gasteiger partial charge in [-0.05, 0) is 79.8 Å². The van der Waals surface area contributed by atoms with Crippen LogP contribution in [-0.2, 0) is 0 Å². The van der Waals surface area contributed by atoms with Gasteiger partial charge in [0.25, 0.3) is 0 Å². The van der Waals surface area contributed by atoms with Gasteiger partial charge in [-0.2, -0.15) is 0 Å². The molecular formula is C52H33N3. The molecule has 0 bridgehead atoms. The normalized spacial score (nSPS) is 11.6. The van der Waals surface area contributed by atoms with E-state index in [1.165, 1.54) is 54.2 Å². The second-order valence-electron chi connectivity index (χ2n) is 14.2. The van der Waals surface area contributed by atoms with Gasteiger partial charge in [-0.1, -0.05) is 164 Å². The number of para-hydroxylation sites is 2. The third-order valence-corrected chi connectivity index (χ3v) is 11.0. The minimum absolute atomic E-state index is 0.692. The van der Waals surface area contributed by atoms with Crippen molar-refractivity contribution in [3.63, 3.8) is 0 Å². The zero-order valence-electron chi connectivity index (χ0n) is 29.9. The number of hydrogen-bond acceptors (Lipinski definition) is 2. The highest BCUT2D eigenvalue weighted by atomic mass is 15.0. The SMILES string of the molecule is c1ccc(-c2ccc(-c3nc(-c4ccc5c6ccccc6n(-c6ccccc6)c5c4)cc(-c4c5ccccc5cc5c4ccc4ccccc45)n3)cc2)cc1. The van der Waals surface area contributed by atoms with Gasteiger partial charge < -0.3 is 4.57 Å². The molecule has 2 aromatic heterocycles. The number of rotatable bonds is 5. The molecule has 55 heavy (non-hydrogen) atoms. The first-order valence-corrected chi connectivity index (χ1v) is 18.7. The van der Waals surface area contributed by atoms with Crippen LogP contribution in [0.4, 0.5) is 0 Å². The molecule has 0 aliphatic carbocycles. The first kappa shape index (κ1) is 31.2. The Bertz CT molecular complexity index is 3230. The Kier molecular flexibility index (Phi) is 7.17. The molecule has 0 aliphatic rings. The highest BCUT2D eigenvalue weighted by Crippen LogP contribution is 2.41. The van der Waals surface area contributed by atoms with E-state index in [4.69, 9.17) is 9.97 Å². The van der Waals surface area contributed by atoms with Crippen molar-refractivity contribution in [2.45, 2.75) is 0 Å². The van der Waals surface area contributed by atoms with E-state index in [1.807, 2.05) is 0 Å². The monoisotopic (exact) mass is 699 g/mol. The smallest absolute Gasteiger partial charge is 0.160 e. The quantitative estimate of drug-likeness (QED) is 0.132. The summed E-state index contributed by atoms with van der Waals surface area (Å²) < 4.78 is 2.36. The van der Waals surface area contributed by atoms with E-state index >= 15 is 0 Å². The van der Waals surface area contributed by atoms with Gasteiger partial charge in [-0.15, -0.1) is 0 Å². The lowest BCUT2D eigenvalue weighted by Crippen LogP contribution is -1.98. The fraction of sp³-hybridized carbons (Fsp3) is 0. The van der Waals surface area contributed by atoms with Crippen molar-refractivity contribution in [1.82, 2.24) is 14.5 Å². The molecule has 3 heteroatoms. The van der Waals surface area contributed by atoms with Crippen LogP contribution in [0.1, 0.15) is 0 Å². The third-order valence-electron chi connectivity index (χ3n) is 11.0. The zero-order valence-corrected chi connectivity index (χ0v) is 29.9. The van der Waals surface area contributed by atoms with Gasteiger partial charge in [0.2, 0.25) is 0 Å². The summed E-state index contributed by atoms with van der Waals surface area (Å²) in [5.74, 6) is 0.692. The highest BCUT2D eigenvalue weighted by Gasteiger charge is 2.19. The summed E-state index contributed by atoms with van der Waals surface area (Å²) in [6.45, 7) is 0. The molecule has 0 saturated carbocycles. The zero-order chi connectivity index (χ0) is 36.3. The molecule has 2 heterocycles. The maximum atomic E-state index is 5.43. The van der Waals surface area contributed by atoms with Crippen molar-refractivity contribution < 1.29 is 0 Å². The maximum Gasteiger partial charge on any atom is 0.160 e. The molecule has 0 atom stereocenters. The van der Waals surface area contributed by atoms with Gasteiger partial charge in [0.05, 0.1) is 22.4 Å². The standard InChI is InChI=1S/C52H33N3/c1-3-13-34(14-4-1)35-23-25-37(26-24-35)52-53-47(39-28-29-44-43-21-11-12-22-49(43)55(50(44)32-39)40-17-5-2-6-18-40)33-48(54-52)51-42-20-10-8-16-38(42)31-46-41-19-9-7-15-36(41)27-30-45(46)51/h1-33H. The van der Waals surface area contributed by atoms with E-state index in [9.17, 15) is 0 Å². The maximum absolute atomic E-state index is 5.43. The van der Waals surface area contributed by atoms with Crippen molar-refractivity contribution in [2.75, 3.05) is 0 Å². The summed E-state index contributed by atoms with van der Waals surface area (Å²) in [5, 5.41) is 9.63. The Morgan fingerprint density at radius 2 is 0.891 bits per heavy atom. The summed E-state index contributed by atoms with van der Waals surface area (Å²) in [4.78, 5) is 10.8. The van der Waals surface area contributed by atoms with Crippen molar-refractivity contribution in [3.05, 3.63) is 200 Å². The number of hydrogen-bond donors (Lipinski definition) is 0. The second kappa shape index (κ2) is 12.6. The van der Waals surface area contributed by atoms with Crippen LogP contribution in [0, 0.1) is 0 Å². The molecule has 0 radical (unpaired) electrons. The molecular weight excluding hydrogens is 667 g/mol. The molecule has 0 aliphatic heterocycles. The van der Waals surface area contributed by atoms with Crippen LogP contribution in [0.15, 0.2) is 200 Å². The molecule has 0 N–H and O–H groups in total. The molecule has 11 rings (SSSR count). The number of fused-ring (bicyclic) bond motifs is 7. The third kappa shape index (κ3) is 5.20. The van der Waals surface area contributed by atoms with E-state index in [2.05, 4.69) is 205 Å². The predicted molar refractivity (Wildman–Crippen MR) is 231 cm³/mol. The molecule has 0 amide bonds. The second-order valence-corrected chi connectivity index (χ2v) is 14.2. The summed E-state index contributed by atoms with van der Waals surface area (Å²) in [7, 11) is 0. The van der Waals surface area contributed by atoms with Crippen molar-refractivity contribution in [3.8, 4) is 50.7 Å². The summed E-state index contributed by atoms with van der Waals surface area (Å²) >= 11 is 0. The lowest BCUT2D eigenvalue weighted by atomic mass is 9.91. The lowest BCUT2D eigenvalue weighted by molar-refractivity contribution is 1.17. The molecule has 9 aromatic carbocycles.